The van der Waals surface area contributed by atoms with Gasteiger partial charge in [0.25, 0.3) is 5.91 Å². The first-order valence-corrected chi connectivity index (χ1v) is 15.3. The minimum absolute atomic E-state index is 0.0109. The molecule has 3 atom stereocenters. The zero-order chi connectivity index (χ0) is 32.0. The number of ether oxygens (including phenoxy) is 1. The van der Waals surface area contributed by atoms with E-state index in [4.69, 9.17) is 9.72 Å². The molecule has 3 N–H and O–H groups in total. The average molecular weight is 626 g/mol. The highest BCUT2D eigenvalue weighted by molar-refractivity contribution is 5.98. The Morgan fingerprint density at radius 3 is 2.47 bits per heavy atom. The van der Waals surface area contributed by atoms with Crippen molar-refractivity contribution in [1.29, 1.82) is 0 Å². The van der Waals surface area contributed by atoms with Crippen LogP contribution in [-0.2, 0) is 20.7 Å². The number of esters is 1. The van der Waals surface area contributed by atoms with Crippen molar-refractivity contribution >= 4 is 17.8 Å². The predicted octanol–water partition coefficient (Wildman–Crippen LogP) is 4.76. The van der Waals surface area contributed by atoms with Crippen LogP contribution in [0.1, 0.15) is 66.8 Å². The van der Waals surface area contributed by atoms with Gasteiger partial charge in [-0.05, 0) is 31.2 Å². The van der Waals surface area contributed by atoms with Crippen molar-refractivity contribution in [2.45, 2.75) is 69.2 Å². The molecule has 3 aromatic rings. The van der Waals surface area contributed by atoms with Crippen LogP contribution in [0, 0.1) is 0 Å². The van der Waals surface area contributed by atoms with Crippen molar-refractivity contribution in [2.24, 2.45) is 0 Å². The minimum atomic E-state index is -5.20. The summed E-state index contributed by atoms with van der Waals surface area (Å²) in [6.07, 6.45) is -2.87. The van der Waals surface area contributed by atoms with Gasteiger partial charge in [0.1, 0.15) is 22.8 Å². The van der Waals surface area contributed by atoms with Crippen molar-refractivity contribution in [3.8, 4) is 11.3 Å². The van der Waals surface area contributed by atoms with E-state index in [2.05, 4.69) is 15.6 Å². The molecule has 240 valence electrons. The molecule has 0 spiro atoms. The Bertz CT molecular complexity index is 1480. The Hall–Kier alpha value is -4.19. The molecule has 2 aromatic carbocycles. The maximum atomic E-state index is 14.4. The van der Waals surface area contributed by atoms with Crippen LogP contribution < -0.4 is 10.6 Å². The van der Waals surface area contributed by atoms with E-state index in [-0.39, 0.29) is 48.8 Å². The smallest absolute Gasteiger partial charge is 0.452 e. The van der Waals surface area contributed by atoms with Gasteiger partial charge in [-0.1, -0.05) is 67.1 Å². The van der Waals surface area contributed by atoms with Crippen molar-refractivity contribution < 1.29 is 32.3 Å². The highest BCUT2D eigenvalue weighted by atomic mass is 19.4. The number of halogens is 3. The molecule has 2 aliphatic rings. The van der Waals surface area contributed by atoms with Gasteiger partial charge in [-0.2, -0.15) is 13.2 Å². The molecule has 1 aliphatic heterocycles. The Morgan fingerprint density at radius 1 is 1.07 bits per heavy atom. The molecule has 12 heteroatoms. The van der Waals surface area contributed by atoms with E-state index in [0.717, 1.165) is 5.56 Å². The summed E-state index contributed by atoms with van der Waals surface area (Å²) in [7, 11) is 0. The highest BCUT2D eigenvalue weighted by Gasteiger charge is 2.52. The van der Waals surface area contributed by atoms with E-state index in [1.54, 1.807) is 0 Å². The van der Waals surface area contributed by atoms with Gasteiger partial charge in [0.2, 0.25) is 5.91 Å². The summed E-state index contributed by atoms with van der Waals surface area (Å²) in [6, 6.07) is 18.9. The van der Waals surface area contributed by atoms with Crippen molar-refractivity contribution in [2.75, 3.05) is 26.2 Å². The van der Waals surface area contributed by atoms with Crippen LogP contribution >= 0.6 is 0 Å². The maximum absolute atomic E-state index is 14.4. The Labute approximate surface area is 259 Å². The number of hydrogen-bond donors (Lipinski definition) is 3. The number of rotatable bonds is 9. The summed E-state index contributed by atoms with van der Waals surface area (Å²) < 4.78 is 45.9. The standard InChI is InChI=1S/C33H38F3N5O4/c1-22(42)38-17-16-32(45-31(44)33(34,35)36)15-9-8-14-26(32)29-39-27(24-12-6-3-7-13-24)28(40-29)30(43)41-19-18-37-21-25(41)20-23-10-4-2-5-11-23/h2-7,10-13,25-26,37H,8-9,14-21H2,1H3,(H,38,42)(H,39,40)/t25-,26+,32?/m1/s1. The minimum Gasteiger partial charge on any atom is -0.452 e. The molecule has 2 amide bonds. The maximum Gasteiger partial charge on any atom is 0.490 e. The SMILES string of the molecule is CC(=O)NCCC1(OC(=O)C(F)(F)F)CCCC[C@H]1c1nc(-c2ccccc2)c(C(=O)N2CCNC[C@H]2Cc2ccccc2)[nH]1. The van der Waals surface area contributed by atoms with Gasteiger partial charge in [-0.15, -0.1) is 0 Å². The molecule has 45 heavy (non-hydrogen) atoms. The first-order chi connectivity index (χ1) is 21.6. The van der Waals surface area contributed by atoms with E-state index >= 15 is 0 Å². The average Bonchev–Trinajstić information content (AvgIpc) is 3.47. The number of nitrogens with one attached hydrogen (secondary N) is 3. The van der Waals surface area contributed by atoms with Gasteiger partial charge in [0, 0.05) is 51.1 Å². The molecule has 1 aromatic heterocycles. The lowest BCUT2D eigenvalue weighted by Gasteiger charge is -2.42. The fourth-order valence-electron chi connectivity index (χ4n) is 6.52. The third-order valence-corrected chi connectivity index (χ3v) is 8.67. The number of carbonyl (C=O) groups is 3. The van der Waals surface area contributed by atoms with E-state index in [1.165, 1.54) is 6.92 Å². The van der Waals surface area contributed by atoms with Gasteiger partial charge in [0.05, 0.1) is 5.92 Å². The quantitative estimate of drug-likeness (QED) is 0.296. The Morgan fingerprint density at radius 2 is 1.78 bits per heavy atom. The molecule has 1 saturated carbocycles. The molecule has 2 fully saturated rings. The lowest BCUT2D eigenvalue weighted by atomic mass is 9.72. The molecular formula is C33H38F3N5O4. The summed E-state index contributed by atoms with van der Waals surface area (Å²) in [4.78, 5) is 48.2. The number of piperazine rings is 1. The summed E-state index contributed by atoms with van der Waals surface area (Å²) in [5.41, 5.74) is 0.792. The summed E-state index contributed by atoms with van der Waals surface area (Å²) >= 11 is 0. The largest absolute Gasteiger partial charge is 0.490 e. The van der Waals surface area contributed by atoms with Crippen LogP contribution in [0.5, 0.6) is 0 Å². The normalized spacial score (nSPS) is 22.1. The molecule has 2 heterocycles. The van der Waals surface area contributed by atoms with E-state index < -0.39 is 23.7 Å². The number of aromatic amines is 1. The number of amides is 2. The zero-order valence-corrected chi connectivity index (χ0v) is 25.2. The number of alkyl halides is 3. The number of H-pyrrole nitrogens is 1. The second kappa shape index (κ2) is 13.8. The fraction of sp³-hybridized carbons (Fsp3) is 0.455. The van der Waals surface area contributed by atoms with Gasteiger partial charge >= 0.3 is 12.1 Å². The summed E-state index contributed by atoms with van der Waals surface area (Å²) in [6.45, 7) is 3.00. The molecule has 9 nitrogen and oxygen atoms in total. The molecule has 0 radical (unpaired) electrons. The van der Waals surface area contributed by atoms with E-state index in [0.29, 0.717) is 56.6 Å². The summed E-state index contributed by atoms with van der Waals surface area (Å²) in [5.74, 6) is -3.38. The third-order valence-electron chi connectivity index (χ3n) is 8.67. The van der Waals surface area contributed by atoms with Crippen LogP contribution in [0.15, 0.2) is 60.7 Å². The van der Waals surface area contributed by atoms with Crippen molar-refractivity contribution in [3.05, 3.63) is 77.7 Å². The highest BCUT2D eigenvalue weighted by Crippen LogP contribution is 2.46. The Kier molecular flexibility index (Phi) is 9.91. The number of benzene rings is 2. The third kappa shape index (κ3) is 7.55. The fourth-order valence-corrected chi connectivity index (χ4v) is 6.52. The first-order valence-electron chi connectivity index (χ1n) is 15.3. The van der Waals surface area contributed by atoms with Crippen molar-refractivity contribution in [1.82, 2.24) is 25.5 Å². The van der Waals surface area contributed by atoms with Crippen LogP contribution in [-0.4, -0.2) is 76.6 Å². The molecular weight excluding hydrogens is 587 g/mol. The lowest BCUT2D eigenvalue weighted by Crippen LogP contribution is -2.54. The molecule has 1 aliphatic carbocycles. The zero-order valence-electron chi connectivity index (χ0n) is 25.2. The number of carbonyl (C=O) groups excluding carboxylic acids is 3. The van der Waals surface area contributed by atoms with E-state index in [1.807, 2.05) is 65.6 Å². The van der Waals surface area contributed by atoms with Gasteiger partial charge < -0.3 is 25.3 Å². The number of imidazole rings is 1. The topological polar surface area (TPSA) is 116 Å². The van der Waals surface area contributed by atoms with Crippen LogP contribution in [0.4, 0.5) is 13.2 Å². The number of aromatic nitrogens is 2. The predicted molar refractivity (Wildman–Crippen MR) is 161 cm³/mol. The van der Waals surface area contributed by atoms with Crippen LogP contribution in [0.2, 0.25) is 0 Å². The van der Waals surface area contributed by atoms with Gasteiger partial charge in [-0.25, -0.2) is 9.78 Å². The lowest BCUT2D eigenvalue weighted by molar-refractivity contribution is -0.219. The molecule has 5 rings (SSSR count). The van der Waals surface area contributed by atoms with Gasteiger partial charge in [0.15, 0.2) is 0 Å². The first kappa shape index (κ1) is 32.2. The van der Waals surface area contributed by atoms with E-state index in [9.17, 15) is 27.6 Å². The van der Waals surface area contributed by atoms with Gasteiger partial charge in [-0.3, -0.25) is 9.59 Å². The second-order valence-electron chi connectivity index (χ2n) is 11.7. The summed E-state index contributed by atoms with van der Waals surface area (Å²) in [5, 5.41) is 5.99. The molecule has 0 bridgehead atoms. The Balaban J connectivity index is 1.54. The molecule has 1 saturated heterocycles. The monoisotopic (exact) mass is 625 g/mol. The second-order valence-corrected chi connectivity index (χ2v) is 11.7. The van der Waals surface area contributed by atoms with Crippen LogP contribution in [0.25, 0.3) is 11.3 Å². The number of hydrogen-bond acceptors (Lipinski definition) is 6. The van der Waals surface area contributed by atoms with Crippen molar-refractivity contribution in [3.63, 3.8) is 0 Å². The molecule has 1 unspecified atom stereocenters. The number of nitrogens with zero attached hydrogens (tertiary/aromatic N) is 2. The van der Waals surface area contributed by atoms with Crippen LogP contribution in [0.3, 0.4) is 0 Å².